The molecular formula is C11H20F2O3. The minimum Gasteiger partial charge on any atom is -0.393 e. The van der Waals surface area contributed by atoms with Crippen LogP contribution in [0.5, 0.6) is 0 Å². The zero-order valence-electron chi connectivity index (χ0n) is 10.1. The van der Waals surface area contributed by atoms with Crippen LogP contribution in [-0.4, -0.2) is 41.1 Å². The largest absolute Gasteiger partial charge is 0.393 e. The summed E-state index contributed by atoms with van der Waals surface area (Å²) in [6.45, 7) is 5.98. The summed E-state index contributed by atoms with van der Waals surface area (Å²) in [6.07, 6.45) is -3.45. The maximum Gasteiger partial charge on any atom is 0.281 e. The van der Waals surface area contributed by atoms with Gasteiger partial charge in [0.15, 0.2) is 0 Å². The minimum atomic E-state index is -3.20. The van der Waals surface area contributed by atoms with Crippen LogP contribution in [0.1, 0.15) is 27.7 Å². The van der Waals surface area contributed by atoms with Gasteiger partial charge >= 0.3 is 0 Å². The molecule has 3 nitrogen and oxygen atoms in total. The van der Waals surface area contributed by atoms with Crippen molar-refractivity contribution in [3.8, 4) is 0 Å². The number of ether oxygens (including phenoxy) is 1. The summed E-state index contributed by atoms with van der Waals surface area (Å²) in [5.41, 5.74) is -0.447. The van der Waals surface area contributed by atoms with Crippen LogP contribution >= 0.6 is 0 Å². The first kappa shape index (κ1) is 13.8. The summed E-state index contributed by atoms with van der Waals surface area (Å²) < 4.78 is 32.4. The average Bonchev–Trinajstić information content (AvgIpc) is 2.13. The third kappa shape index (κ3) is 2.21. The van der Waals surface area contributed by atoms with Crippen molar-refractivity contribution in [2.24, 2.45) is 11.3 Å². The number of aliphatic hydroxyl groups is 2. The van der Waals surface area contributed by atoms with Gasteiger partial charge in [-0.05, 0) is 5.41 Å². The summed E-state index contributed by atoms with van der Waals surface area (Å²) in [5.74, 6) is -4.42. The Morgan fingerprint density at radius 1 is 1.31 bits per heavy atom. The molecule has 1 aliphatic rings. The van der Waals surface area contributed by atoms with Crippen LogP contribution < -0.4 is 0 Å². The number of hydrogen-bond donors (Lipinski definition) is 2. The van der Waals surface area contributed by atoms with Crippen molar-refractivity contribution in [1.82, 2.24) is 0 Å². The van der Waals surface area contributed by atoms with Crippen molar-refractivity contribution >= 4 is 0 Å². The second-order valence-electron chi connectivity index (χ2n) is 5.55. The highest BCUT2D eigenvalue weighted by Gasteiger charge is 2.57. The van der Waals surface area contributed by atoms with Gasteiger partial charge in [0.2, 0.25) is 0 Å². The second-order valence-corrected chi connectivity index (χ2v) is 5.55. The standard InChI is InChI=1S/C11H20F2O3/c1-6-8(15)9(10(2,3)4)16-7(5-14)11(6,12)13/h6-9,14-15H,5H2,1-4H3. The van der Waals surface area contributed by atoms with Gasteiger partial charge in [-0.15, -0.1) is 0 Å². The van der Waals surface area contributed by atoms with Gasteiger partial charge in [0.1, 0.15) is 6.10 Å². The van der Waals surface area contributed by atoms with E-state index in [1.165, 1.54) is 6.92 Å². The number of rotatable bonds is 1. The van der Waals surface area contributed by atoms with E-state index >= 15 is 0 Å². The van der Waals surface area contributed by atoms with E-state index in [2.05, 4.69) is 0 Å². The molecule has 0 aromatic carbocycles. The van der Waals surface area contributed by atoms with E-state index in [1.54, 1.807) is 0 Å². The topological polar surface area (TPSA) is 49.7 Å². The molecule has 0 saturated carbocycles. The lowest BCUT2D eigenvalue weighted by Gasteiger charge is -2.47. The molecule has 2 N–H and O–H groups in total. The highest BCUT2D eigenvalue weighted by Crippen LogP contribution is 2.43. The molecule has 1 heterocycles. The van der Waals surface area contributed by atoms with Gasteiger partial charge in [-0.25, -0.2) is 8.78 Å². The lowest BCUT2D eigenvalue weighted by molar-refractivity contribution is -0.289. The fourth-order valence-corrected chi connectivity index (χ4v) is 2.01. The van der Waals surface area contributed by atoms with Gasteiger partial charge < -0.3 is 14.9 Å². The molecule has 5 heteroatoms. The van der Waals surface area contributed by atoms with E-state index < -0.39 is 42.2 Å². The van der Waals surface area contributed by atoms with Gasteiger partial charge in [-0.3, -0.25) is 0 Å². The lowest BCUT2D eigenvalue weighted by Crippen LogP contribution is -2.61. The molecule has 96 valence electrons. The first-order chi connectivity index (χ1) is 7.12. The zero-order valence-corrected chi connectivity index (χ0v) is 10.1. The molecule has 0 radical (unpaired) electrons. The normalized spacial score (nSPS) is 39.8. The SMILES string of the molecule is CC1C(O)C(C(C)(C)C)OC(CO)C1(F)F. The Labute approximate surface area is 94.4 Å². The highest BCUT2D eigenvalue weighted by atomic mass is 19.3. The molecule has 1 fully saturated rings. The maximum atomic E-state index is 13.6. The van der Waals surface area contributed by atoms with Gasteiger partial charge in [-0.2, -0.15) is 0 Å². The first-order valence-corrected chi connectivity index (χ1v) is 5.44. The molecule has 0 amide bonds. The predicted molar refractivity (Wildman–Crippen MR) is 55.3 cm³/mol. The minimum absolute atomic E-state index is 0.447. The molecule has 16 heavy (non-hydrogen) atoms. The zero-order chi connectivity index (χ0) is 12.7. The van der Waals surface area contributed by atoms with Crippen LogP contribution in [0, 0.1) is 11.3 Å². The summed E-state index contributed by atoms with van der Waals surface area (Å²) in [4.78, 5) is 0. The van der Waals surface area contributed by atoms with Crippen molar-refractivity contribution in [1.29, 1.82) is 0 Å². The highest BCUT2D eigenvalue weighted by molar-refractivity contribution is 4.98. The average molecular weight is 238 g/mol. The van der Waals surface area contributed by atoms with Crippen LogP contribution in [0.25, 0.3) is 0 Å². The van der Waals surface area contributed by atoms with Gasteiger partial charge in [0.25, 0.3) is 5.92 Å². The Hall–Kier alpha value is -0.260. The van der Waals surface area contributed by atoms with E-state index in [-0.39, 0.29) is 0 Å². The van der Waals surface area contributed by atoms with Crippen LogP contribution in [-0.2, 0) is 4.74 Å². The van der Waals surface area contributed by atoms with Crippen molar-refractivity contribution < 1.29 is 23.7 Å². The Balaban J connectivity index is 2.97. The molecule has 1 aliphatic heterocycles. The number of hydrogen-bond acceptors (Lipinski definition) is 3. The Bertz CT molecular complexity index is 246. The third-order valence-electron chi connectivity index (χ3n) is 3.19. The molecular weight excluding hydrogens is 218 g/mol. The van der Waals surface area contributed by atoms with Crippen molar-refractivity contribution in [2.75, 3.05) is 6.61 Å². The quantitative estimate of drug-likeness (QED) is 0.726. The van der Waals surface area contributed by atoms with Crippen LogP contribution in [0.4, 0.5) is 8.78 Å². The Kier molecular flexibility index (Phi) is 3.62. The summed E-state index contributed by atoms with van der Waals surface area (Å²) in [5, 5.41) is 18.8. The van der Waals surface area contributed by atoms with Crippen LogP contribution in [0.2, 0.25) is 0 Å². The van der Waals surface area contributed by atoms with Crippen molar-refractivity contribution in [3.63, 3.8) is 0 Å². The van der Waals surface area contributed by atoms with Crippen molar-refractivity contribution in [3.05, 3.63) is 0 Å². The van der Waals surface area contributed by atoms with E-state index in [4.69, 9.17) is 9.84 Å². The molecule has 0 aromatic heterocycles. The van der Waals surface area contributed by atoms with Crippen LogP contribution in [0.3, 0.4) is 0 Å². The number of alkyl halides is 2. The number of halogens is 2. The smallest absolute Gasteiger partial charge is 0.281 e. The fourth-order valence-electron chi connectivity index (χ4n) is 2.01. The second kappa shape index (κ2) is 4.20. The molecule has 1 rings (SSSR count). The van der Waals surface area contributed by atoms with Gasteiger partial charge in [0.05, 0.1) is 24.7 Å². The molecule has 0 aliphatic carbocycles. The fraction of sp³-hybridized carbons (Fsp3) is 1.00. The molecule has 1 saturated heterocycles. The van der Waals surface area contributed by atoms with Crippen molar-refractivity contribution in [2.45, 2.75) is 51.9 Å². The van der Waals surface area contributed by atoms with E-state index in [1.807, 2.05) is 20.8 Å². The first-order valence-electron chi connectivity index (χ1n) is 5.44. The summed E-state index contributed by atoms with van der Waals surface area (Å²) >= 11 is 0. The Morgan fingerprint density at radius 2 is 1.81 bits per heavy atom. The lowest BCUT2D eigenvalue weighted by atomic mass is 9.76. The molecule has 4 unspecified atom stereocenters. The summed E-state index contributed by atoms with van der Waals surface area (Å²) in [7, 11) is 0. The molecule has 0 bridgehead atoms. The number of aliphatic hydroxyl groups excluding tert-OH is 2. The van der Waals surface area contributed by atoms with E-state index in [9.17, 15) is 13.9 Å². The summed E-state index contributed by atoms with van der Waals surface area (Å²) in [6, 6.07) is 0. The van der Waals surface area contributed by atoms with Crippen LogP contribution in [0.15, 0.2) is 0 Å². The van der Waals surface area contributed by atoms with Gasteiger partial charge in [-0.1, -0.05) is 27.7 Å². The van der Waals surface area contributed by atoms with E-state index in [0.717, 1.165) is 0 Å². The molecule has 4 atom stereocenters. The third-order valence-corrected chi connectivity index (χ3v) is 3.19. The van der Waals surface area contributed by atoms with Gasteiger partial charge in [0, 0.05) is 0 Å². The monoisotopic (exact) mass is 238 g/mol. The van der Waals surface area contributed by atoms with E-state index in [0.29, 0.717) is 0 Å². The predicted octanol–water partition coefficient (Wildman–Crippen LogP) is 1.42. The molecule has 0 spiro atoms. The maximum absolute atomic E-state index is 13.6. The molecule has 0 aromatic rings. The Morgan fingerprint density at radius 3 is 2.19 bits per heavy atom.